The number of hydrogen-bond donors (Lipinski definition) is 1. The van der Waals surface area contributed by atoms with Crippen molar-refractivity contribution in [3.63, 3.8) is 0 Å². The van der Waals surface area contributed by atoms with Crippen molar-refractivity contribution in [2.45, 2.75) is 0 Å². The summed E-state index contributed by atoms with van der Waals surface area (Å²) in [6.07, 6.45) is 0. The smallest absolute Gasteiger partial charge is 0.262 e. The number of benzene rings is 2. The number of anilines is 3. The average molecular weight is 315 g/mol. The molecule has 4 heteroatoms. The van der Waals surface area contributed by atoms with E-state index in [2.05, 4.69) is 22.5 Å². The Morgan fingerprint density at radius 1 is 1.16 bits per heavy atom. The summed E-state index contributed by atoms with van der Waals surface area (Å²) in [5.41, 5.74) is 9.35. The lowest BCUT2D eigenvalue weighted by Gasteiger charge is -2.17. The van der Waals surface area contributed by atoms with E-state index in [0.29, 0.717) is 11.3 Å². The van der Waals surface area contributed by atoms with Crippen LogP contribution in [0.15, 0.2) is 53.5 Å². The van der Waals surface area contributed by atoms with Gasteiger partial charge in [0, 0.05) is 21.3 Å². The molecule has 0 fully saturated rings. The predicted molar refractivity (Wildman–Crippen MR) is 81.2 cm³/mol. The third-order valence-corrected chi connectivity index (χ3v) is 3.61. The van der Waals surface area contributed by atoms with Gasteiger partial charge >= 0.3 is 0 Å². The van der Waals surface area contributed by atoms with E-state index >= 15 is 0 Å². The average Bonchev–Trinajstić information content (AvgIpc) is 2.62. The van der Waals surface area contributed by atoms with Gasteiger partial charge in [-0.1, -0.05) is 28.6 Å². The molecule has 0 unspecified atom stereocenters. The number of carbonyl (C=O) groups excluding carboxylic acids is 1. The maximum absolute atomic E-state index is 12.4. The molecule has 0 bridgehead atoms. The molecule has 0 saturated heterocycles. The molecule has 0 spiro atoms. The van der Waals surface area contributed by atoms with Gasteiger partial charge in [0.2, 0.25) is 0 Å². The Bertz CT molecular complexity index is 709. The summed E-state index contributed by atoms with van der Waals surface area (Å²) >= 11 is 3.41. The third-order valence-electron chi connectivity index (χ3n) is 3.11. The van der Waals surface area contributed by atoms with Gasteiger partial charge in [0.25, 0.3) is 5.91 Å². The van der Waals surface area contributed by atoms with E-state index in [0.717, 1.165) is 21.4 Å². The Morgan fingerprint density at radius 2 is 1.95 bits per heavy atom. The third kappa shape index (κ3) is 1.85. The van der Waals surface area contributed by atoms with Crippen molar-refractivity contribution < 1.29 is 4.79 Å². The standard InChI is InChI=1S/C15H11BrN2O/c1-9-13-7-10(16)5-6-14(13)18(15(9)19)12-4-2-3-11(17)8-12/h2-8H,1,17H2. The number of fused-ring (bicyclic) bond motifs is 1. The molecular formula is C15H11BrN2O. The maximum Gasteiger partial charge on any atom is 0.262 e. The van der Waals surface area contributed by atoms with E-state index in [1.807, 2.05) is 30.3 Å². The summed E-state index contributed by atoms with van der Waals surface area (Å²) in [6.45, 7) is 3.87. The zero-order valence-corrected chi connectivity index (χ0v) is 11.6. The minimum atomic E-state index is -0.112. The van der Waals surface area contributed by atoms with Crippen LogP contribution in [0.4, 0.5) is 17.1 Å². The summed E-state index contributed by atoms with van der Waals surface area (Å²) in [6, 6.07) is 13.0. The fourth-order valence-corrected chi connectivity index (χ4v) is 2.59. The number of amides is 1. The Hall–Kier alpha value is -2.07. The first-order valence-electron chi connectivity index (χ1n) is 5.77. The van der Waals surface area contributed by atoms with Crippen LogP contribution >= 0.6 is 15.9 Å². The molecule has 0 aliphatic carbocycles. The highest BCUT2D eigenvalue weighted by atomic mass is 79.9. The van der Waals surface area contributed by atoms with E-state index in [9.17, 15) is 4.79 Å². The molecular weight excluding hydrogens is 304 g/mol. The number of halogens is 1. The van der Waals surface area contributed by atoms with Crippen LogP contribution in [-0.2, 0) is 4.79 Å². The largest absolute Gasteiger partial charge is 0.399 e. The van der Waals surface area contributed by atoms with Crippen LogP contribution in [0.2, 0.25) is 0 Å². The summed E-state index contributed by atoms with van der Waals surface area (Å²) in [5.74, 6) is -0.112. The number of carbonyl (C=O) groups is 1. The van der Waals surface area contributed by atoms with Crippen molar-refractivity contribution in [3.8, 4) is 0 Å². The van der Waals surface area contributed by atoms with Crippen molar-refractivity contribution >= 4 is 44.5 Å². The number of hydrogen-bond acceptors (Lipinski definition) is 2. The van der Waals surface area contributed by atoms with Crippen LogP contribution in [0.3, 0.4) is 0 Å². The van der Waals surface area contributed by atoms with Crippen molar-refractivity contribution in [1.82, 2.24) is 0 Å². The van der Waals surface area contributed by atoms with Crippen LogP contribution in [0.25, 0.3) is 5.57 Å². The van der Waals surface area contributed by atoms with Gasteiger partial charge in [-0.2, -0.15) is 0 Å². The fourth-order valence-electron chi connectivity index (χ4n) is 2.22. The van der Waals surface area contributed by atoms with Crippen LogP contribution in [0.1, 0.15) is 5.56 Å². The second-order valence-electron chi connectivity index (χ2n) is 4.38. The molecule has 3 rings (SSSR count). The SMILES string of the molecule is C=C1C(=O)N(c2cccc(N)c2)c2ccc(Br)cc21. The van der Waals surface area contributed by atoms with Crippen LogP contribution in [0, 0.1) is 0 Å². The molecule has 19 heavy (non-hydrogen) atoms. The Labute approximate surface area is 119 Å². The minimum absolute atomic E-state index is 0.112. The minimum Gasteiger partial charge on any atom is -0.399 e. The first-order valence-corrected chi connectivity index (χ1v) is 6.56. The molecule has 2 aromatic carbocycles. The van der Waals surface area contributed by atoms with Gasteiger partial charge in [0.05, 0.1) is 11.4 Å². The second kappa shape index (κ2) is 4.24. The molecule has 1 heterocycles. The van der Waals surface area contributed by atoms with E-state index in [-0.39, 0.29) is 5.91 Å². The lowest BCUT2D eigenvalue weighted by Crippen LogP contribution is -2.20. The first-order chi connectivity index (χ1) is 9.08. The Balaban J connectivity index is 2.19. The van der Waals surface area contributed by atoms with E-state index in [1.165, 1.54) is 0 Å². The highest BCUT2D eigenvalue weighted by molar-refractivity contribution is 9.10. The first kappa shape index (κ1) is 12.0. The summed E-state index contributed by atoms with van der Waals surface area (Å²) < 4.78 is 0.926. The monoisotopic (exact) mass is 314 g/mol. The summed E-state index contributed by atoms with van der Waals surface area (Å²) in [4.78, 5) is 14.0. The molecule has 1 aliphatic heterocycles. The predicted octanol–water partition coefficient (Wildman–Crippen LogP) is 3.72. The van der Waals surface area contributed by atoms with Gasteiger partial charge < -0.3 is 5.73 Å². The maximum atomic E-state index is 12.4. The van der Waals surface area contributed by atoms with Gasteiger partial charge in [0.1, 0.15) is 0 Å². The van der Waals surface area contributed by atoms with Crippen LogP contribution < -0.4 is 10.6 Å². The van der Waals surface area contributed by atoms with E-state index < -0.39 is 0 Å². The number of rotatable bonds is 1. The van der Waals surface area contributed by atoms with Gasteiger partial charge in [-0.15, -0.1) is 0 Å². The zero-order valence-electron chi connectivity index (χ0n) is 10.1. The summed E-state index contributed by atoms with van der Waals surface area (Å²) in [5, 5.41) is 0. The Morgan fingerprint density at radius 3 is 2.68 bits per heavy atom. The lowest BCUT2D eigenvalue weighted by atomic mass is 10.1. The highest BCUT2D eigenvalue weighted by Gasteiger charge is 2.32. The normalized spacial score (nSPS) is 13.8. The van der Waals surface area contributed by atoms with Crippen molar-refractivity contribution in [2.75, 3.05) is 10.6 Å². The highest BCUT2D eigenvalue weighted by Crippen LogP contribution is 2.42. The van der Waals surface area contributed by atoms with Gasteiger partial charge in [-0.3, -0.25) is 9.69 Å². The molecule has 1 amide bonds. The molecule has 0 saturated carbocycles. The molecule has 2 N–H and O–H groups in total. The molecule has 2 aromatic rings. The number of nitrogens with two attached hydrogens (primary N) is 1. The van der Waals surface area contributed by atoms with Crippen molar-refractivity contribution in [1.29, 1.82) is 0 Å². The molecule has 0 aromatic heterocycles. The zero-order chi connectivity index (χ0) is 13.6. The molecule has 3 nitrogen and oxygen atoms in total. The van der Waals surface area contributed by atoms with Crippen molar-refractivity contribution in [2.24, 2.45) is 0 Å². The van der Waals surface area contributed by atoms with Crippen LogP contribution in [-0.4, -0.2) is 5.91 Å². The molecule has 0 radical (unpaired) electrons. The van der Waals surface area contributed by atoms with Gasteiger partial charge in [0.15, 0.2) is 0 Å². The van der Waals surface area contributed by atoms with E-state index in [4.69, 9.17) is 5.73 Å². The molecule has 1 aliphatic rings. The quantitative estimate of drug-likeness (QED) is 0.644. The molecule has 94 valence electrons. The van der Waals surface area contributed by atoms with Gasteiger partial charge in [-0.05, 0) is 36.4 Å². The second-order valence-corrected chi connectivity index (χ2v) is 5.29. The fraction of sp³-hybridized carbons (Fsp3) is 0. The van der Waals surface area contributed by atoms with Gasteiger partial charge in [-0.25, -0.2) is 0 Å². The van der Waals surface area contributed by atoms with Crippen LogP contribution in [0.5, 0.6) is 0 Å². The van der Waals surface area contributed by atoms with Crippen molar-refractivity contribution in [3.05, 3.63) is 59.1 Å². The number of nitrogens with zero attached hydrogens (tertiary/aromatic N) is 1. The number of nitrogen functional groups attached to an aromatic ring is 1. The topological polar surface area (TPSA) is 46.3 Å². The molecule has 0 atom stereocenters. The lowest BCUT2D eigenvalue weighted by molar-refractivity contribution is -0.112. The Kier molecular flexibility index (Phi) is 2.68. The van der Waals surface area contributed by atoms with E-state index in [1.54, 1.807) is 17.0 Å². The summed E-state index contributed by atoms with van der Waals surface area (Å²) in [7, 11) is 0.